The van der Waals surface area contributed by atoms with Gasteiger partial charge in [-0.15, -0.1) is 0 Å². The number of isothiocyanates is 1. The zero-order valence-corrected chi connectivity index (χ0v) is 6.76. The molecule has 56 valence electrons. The zero-order chi connectivity index (χ0) is 8.10. The molecule has 0 aliphatic carbocycles. The SMILES string of the molecule is COc1ccncc1N=C=S. The molecule has 1 aromatic heterocycles. The standard InChI is InChI=1S/C7H6N2OS/c1-10-7-2-3-8-4-6(7)9-5-11/h2-4H,1H3. The van der Waals surface area contributed by atoms with Crippen LogP contribution in [0.15, 0.2) is 23.5 Å². The van der Waals surface area contributed by atoms with Crippen molar-refractivity contribution >= 4 is 23.1 Å². The Labute approximate surface area is 69.7 Å². The molecule has 0 atom stereocenters. The second-order valence-electron chi connectivity index (χ2n) is 1.75. The van der Waals surface area contributed by atoms with Gasteiger partial charge in [0.1, 0.15) is 11.4 Å². The normalized spacial score (nSPS) is 8.45. The van der Waals surface area contributed by atoms with Gasteiger partial charge in [0.05, 0.1) is 18.5 Å². The molecule has 0 radical (unpaired) electrons. The number of ether oxygens (including phenoxy) is 1. The summed E-state index contributed by atoms with van der Waals surface area (Å²) in [6.07, 6.45) is 3.19. The predicted octanol–water partition coefficient (Wildman–Crippen LogP) is 1.82. The van der Waals surface area contributed by atoms with Gasteiger partial charge >= 0.3 is 0 Å². The highest BCUT2D eigenvalue weighted by atomic mass is 32.1. The van der Waals surface area contributed by atoms with E-state index in [9.17, 15) is 0 Å². The highest BCUT2D eigenvalue weighted by Crippen LogP contribution is 2.23. The highest BCUT2D eigenvalue weighted by molar-refractivity contribution is 7.78. The number of hydrogen-bond acceptors (Lipinski definition) is 4. The molecule has 0 bridgehead atoms. The van der Waals surface area contributed by atoms with Crippen molar-refractivity contribution in [1.82, 2.24) is 4.98 Å². The fourth-order valence-electron chi connectivity index (χ4n) is 0.679. The fraction of sp³-hybridized carbons (Fsp3) is 0.143. The van der Waals surface area contributed by atoms with Gasteiger partial charge in [0.15, 0.2) is 0 Å². The van der Waals surface area contributed by atoms with Crippen LogP contribution in [-0.2, 0) is 0 Å². The van der Waals surface area contributed by atoms with E-state index in [4.69, 9.17) is 4.74 Å². The number of pyridine rings is 1. The quantitative estimate of drug-likeness (QED) is 0.496. The molecule has 1 rings (SSSR count). The first-order chi connectivity index (χ1) is 5.38. The smallest absolute Gasteiger partial charge is 0.148 e. The fourth-order valence-corrected chi connectivity index (χ4v) is 0.777. The molecule has 0 saturated carbocycles. The maximum atomic E-state index is 4.98. The van der Waals surface area contributed by atoms with E-state index in [1.807, 2.05) is 0 Å². The van der Waals surface area contributed by atoms with Crippen molar-refractivity contribution in [2.24, 2.45) is 4.99 Å². The molecule has 11 heavy (non-hydrogen) atoms. The summed E-state index contributed by atoms with van der Waals surface area (Å²) in [5, 5.41) is 2.25. The van der Waals surface area contributed by atoms with E-state index in [1.165, 1.54) is 0 Å². The van der Waals surface area contributed by atoms with E-state index in [-0.39, 0.29) is 0 Å². The minimum Gasteiger partial charge on any atom is -0.494 e. The van der Waals surface area contributed by atoms with E-state index in [2.05, 4.69) is 27.4 Å². The lowest BCUT2D eigenvalue weighted by atomic mass is 10.4. The summed E-state index contributed by atoms with van der Waals surface area (Å²) in [7, 11) is 1.57. The monoisotopic (exact) mass is 166 g/mol. The van der Waals surface area contributed by atoms with Crippen LogP contribution in [-0.4, -0.2) is 17.3 Å². The van der Waals surface area contributed by atoms with Crippen LogP contribution in [0.5, 0.6) is 5.75 Å². The topological polar surface area (TPSA) is 34.5 Å². The summed E-state index contributed by atoms with van der Waals surface area (Å²) in [6, 6.07) is 1.71. The zero-order valence-electron chi connectivity index (χ0n) is 5.94. The maximum absolute atomic E-state index is 4.98. The molecule has 0 unspecified atom stereocenters. The molecule has 1 heterocycles. The van der Waals surface area contributed by atoms with Gasteiger partial charge in [0.25, 0.3) is 0 Å². The van der Waals surface area contributed by atoms with Gasteiger partial charge in [-0.05, 0) is 12.2 Å². The molecule has 0 aliphatic heterocycles. The Balaban J connectivity index is 3.11. The third kappa shape index (κ3) is 1.83. The number of nitrogens with zero attached hydrogens (tertiary/aromatic N) is 2. The molecule has 1 aromatic rings. The lowest BCUT2D eigenvalue weighted by molar-refractivity contribution is 0.415. The van der Waals surface area contributed by atoms with E-state index in [0.29, 0.717) is 11.4 Å². The Kier molecular flexibility index (Phi) is 2.72. The molecule has 0 N–H and O–H groups in total. The molecule has 0 aromatic carbocycles. The number of hydrogen-bond donors (Lipinski definition) is 0. The first-order valence-corrected chi connectivity index (χ1v) is 3.35. The van der Waals surface area contributed by atoms with Crippen LogP contribution in [0.4, 0.5) is 5.69 Å². The van der Waals surface area contributed by atoms with Gasteiger partial charge in [0, 0.05) is 12.3 Å². The summed E-state index contributed by atoms with van der Waals surface area (Å²) in [6.45, 7) is 0. The molecule has 0 spiro atoms. The third-order valence-electron chi connectivity index (χ3n) is 1.15. The molecule has 0 amide bonds. The summed E-state index contributed by atoms with van der Waals surface area (Å²) < 4.78 is 4.98. The van der Waals surface area contributed by atoms with Crippen molar-refractivity contribution in [1.29, 1.82) is 0 Å². The van der Waals surface area contributed by atoms with Crippen molar-refractivity contribution in [3.05, 3.63) is 18.5 Å². The lowest BCUT2D eigenvalue weighted by Gasteiger charge is -1.99. The Morgan fingerprint density at radius 2 is 2.55 bits per heavy atom. The number of rotatable bonds is 2. The van der Waals surface area contributed by atoms with Crippen LogP contribution < -0.4 is 4.74 Å². The number of thiocarbonyl (C=S) groups is 1. The van der Waals surface area contributed by atoms with Gasteiger partial charge in [0.2, 0.25) is 0 Å². The second-order valence-corrected chi connectivity index (χ2v) is 1.93. The summed E-state index contributed by atoms with van der Waals surface area (Å²) in [5.74, 6) is 0.650. The predicted molar refractivity (Wildman–Crippen MR) is 45.5 cm³/mol. The minimum absolute atomic E-state index is 0.602. The van der Waals surface area contributed by atoms with E-state index < -0.39 is 0 Å². The van der Waals surface area contributed by atoms with Crippen molar-refractivity contribution in [3.8, 4) is 5.75 Å². The van der Waals surface area contributed by atoms with Crippen LogP contribution in [0.1, 0.15) is 0 Å². The van der Waals surface area contributed by atoms with Crippen LogP contribution in [0.25, 0.3) is 0 Å². The van der Waals surface area contributed by atoms with Crippen molar-refractivity contribution < 1.29 is 4.74 Å². The number of methoxy groups -OCH3 is 1. The minimum atomic E-state index is 0.602. The molecule has 3 nitrogen and oxygen atoms in total. The molecule has 0 saturated heterocycles. The van der Waals surface area contributed by atoms with Crippen molar-refractivity contribution in [2.45, 2.75) is 0 Å². The molecule has 0 aliphatic rings. The molecular formula is C7H6N2OS. The lowest BCUT2D eigenvalue weighted by Crippen LogP contribution is -1.83. The number of aliphatic imine (C=N–C) groups is 1. The summed E-state index contributed by atoms with van der Waals surface area (Å²) in [4.78, 5) is 7.61. The first-order valence-electron chi connectivity index (χ1n) is 2.94. The molecule has 0 fully saturated rings. The van der Waals surface area contributed by atoms with E-state index in [0.717, 1.165) is 0 Å². The Morgan fingerprint density at radius 1 is 1.73 bits per heavy atom. The summed E-state index contributed by atoms with van der Waals surface area (Å²) >= 11 is 4.44. The third-order valence-corrected chi connectivity index (χ3v) is 1.24. The largest absolute Gasteiger partial charge is 0.494 e. The Morgan fingerprint density at radius 3 is 3.18 bits per heavy atom. The first kappa shape index (κ1) is 7.85. The van der Waals surface area contributed by atoms with Crippen LogP contribution >= 0.6 is 12.2 Å². The van der Waals surface area contributed by atoms with Crippen LogP contribution in [0, 0.1) is 0 Å². The van der Waals surface area contributed by atoms with Crippen LogP contribution in [0.3, 0.4) is 0 Å². The number of aromatic nitrogens is 1. The van der Waals surface area contributed by atoms with Crippen molar-refractivity contribution in [3.63, 3.8) is 0 Å². The van der Waals surface area contributed by atoms with Crippen molar-refractivity contribution in [2.75, 3.05) is 7.11 Å². The Hall–Kier alpha value is -1.25. The van der Waals surface area contributed by atoms with Crippen LogP contribution in [0.2, 0.25) is 0 Å². The van der Waals surface area contributed by atoms with Gasteiger partial charge in [-0.25, -0.2) is 0 Å². The van der Waals surface area contributed by atoms with Gasteiger partial charge in [-0.3, -0.25) is 4.98 Å². The van der Waals surface area contributed by atoms with Gasteiger partial charge in [-0.2, -0.15) is 4.99 Å². The average molecular weight is 166 g/mol. The molecule has 4 heteroatoms. The highest BCUT2D eigenvalue weighted by Gasteiger charge is 1.97. The molecular weight excluding hydrogens is 160 g/mol. The average Bonchev–Trinajstić information content (AvgIpc) is 2.06. The van der Waals surface area contributed by atoms with Gasteiger partial charge < -0.3 is 4.74 Å². The Bertz CT molecular complexity index is 294. The maximum Gasteiger partial charge on any atom is 0.148 e. The van der Waals surface area contributed by atoms with E-state index >= 15 is 0 Å². The summed E-state index contributed by atoms with van der Waals surface area (Å²) in [5.41, 5.74) is 0.602. The van der Waals surface area contributed by atoms with E-state index in [1.54, 1.807) is 25.6 Å². The van der Waals surface area contributed by atoms with Gasteiger partial charge in [-0.1, -0.05) is 0 Å². The second kappa shape index (κ2) is 3.81.